The van der Waals surface area contributed by atoms with Gasteiger partial charge in [0.05, 0.1) is 10.4 Å². The lowest BCUT2D eigenvalue weighted by Crippen LogP contribution is -2.14. The van der Waals surface area contributed by atoms with Crippen LogP contribution >= 0.6 is 0 Å². The van der Waals surface area contributed by atoms with Crippen molar-refractivity contribution in [3.05, 3.63) is 45.1 Å². The van der Waals surface area contributed by atoms with E-state index in [0.29, 0.717) is 17.6 Å². The highest BCUT2D eigenvalue weighted by atomic mass is 16.6. The molecule has 96 valence electrons. The van der Waals surface area contributed by atoms with Crippen molar-refractivity contribution in [3.63, 3.8) is 0 Å². The molecule has 5 nitrogen and oxygen atoms in total. The maximum absolute atomic E-state index is 11.9. The quantitative estimate of drug-likeness (QED) is 0.580. The topological polar surface area (TPSA) is 73.1 Å². The molecule has 0 saturated heterocycles. The minimum absolute atomic E-state index is 0.0551. The molecule has 0 aliphatic heterocycles. The molecular formula is C14H12N2O3. The fourth-order valence-electron chi connectivity index (χ4n) is 2.64. The summed E-state index contributed by atoms with van der Waals surface area (Å²) < 4.78 is 0. The highest BCUT2D eigenvalue weighted by Gasteiger charge is 2.22. The summed E-state index contributed by atoms with van der Waals surface area (Å²) in [5.74, 6) is 0.0737. The molecule has 0 spiro atoms. The Morgan fingerprint density at radius 3 is 2.84 bits per heavy atom. The number of carbonyl (C=O) groups excluding carboxylic acids is 1. The van der Waals surface area contributed by atoms with Crippen LogP contribution in [0.5, 0.6) is 0 Å². The first-order valence-corrected chi connectivity index (χ1v) is 6.19. The molecule has 1 aliphatic carbocycles. The number of pyridine rings is 1. The van der Waals surface area contributed by atoms with Crippen molar-refractivity contribution in [2.45, 2.75) is 26.2 Å². The van der Waals surface area contributed by atoms with E-state index in [1.165, 1.54) is 12.1 Å². The van der Waals surface area contributed by atoms with Gasteiger partial charge in [-0.25, -0.2) is 4.98 Å². The minimum Gasteiger partial charge on any atom is -0.292 e. The lowest BCUT2D eigenvalue weighted by molar-refractivity contribution is -0.384. The van der Waals surface area contributed by atoms with Crippen molar-refractivity contribution in [2.75, 3.05) is 0 Å². The number of non-ortho nitro benzene ring substituents is 1. The van der Waals surface area contributed by atoms with Gasteiger partial charge in [-0.15, -0.1) is 0 Å². The van der Waals surface area contributed by atoms with E-state index in [2.05, 4.69) is 4.98 Å². The number of nitro groups is 1. The van der Waals surface area contributed by atoms with Gasteiger partial charge >= 0.3 is 0 Å². The normalized spacial score (nSPS) is 14.5. The molecule has 1 aliphatic rings. The number of nitrogens with zero attached hydrogens (tertiary/aromatic N) is 2. The second kappa shape index (κ2) is 4.12. The Hall–Kier alpha value is -2.30. The Kier molecular flexibility index (Phi) is 2.55. The zero-order chi connectivity index (χ0) is 13.6. The van der Waals surface area contributed by atoms with Crippen LogP contribution in [0.25, 0.3) is 10.9 Å². The molecular weight excluding hydrogens is 244 g/mol. The van der Waals surface area contributed by atoms with Gasteiger partial charge in [-0.2, -0.15) is 0 Å². The van der Waals surface area contributed by atoms with Crippen LogP contribution in [0.3, 0.4) is 0 Å². The van der Waals surface area contributed by atoms with Crippen LogP contribution < -0.4 is 0 Å². The largest absolute Gasteiger partial charge is 0.292 e. The summed E-state index contributed by atoms with van der Waals surface area (Å²) in [5.41, 5.74) is 3.14. The SMILES string of the molecule is Cc1c2c(nc3ccc([N+](=O)[O-])cc13)C(=O)CCC2. The van der Waals surface area contributed by atoms with Gasteiger partial charge in [0, 0.05) is 23.9 Å². The number of hydrogen-bond acceptors (Lipinski definition) is 4. The lowest BCUT2D eigenvalue weighted by Gasteiger charge is -2.17. The monoisotopic (exact) mass is 256 g/mol. The molecule has 0 N–H and O–H groups in total. The van der Waals surface area contributed by atoms with Crippen molar-refractivity contribution in [1.82, 2.24) is 4.98 Å². The first-order valence-electron chi connectivity index (χ1n) is 6.19. The van der Waals surface area contributed by atoms with E-state index in [9.17, 15) is 14.9 Å². The number of fused-ring (bicyclic) bond motifs is 2. The number of hydrogen-bond donors (Lipinski definition) is 0. The van der Waals surface area contributed by atoms with Crippen LogP contribution in [0.1, 0.15) is 34.5 Å². The number of aryl methyl sites for hydroxylation is 1. The average molecular weight is 256 g/mol. The molecule has 1 aromatic heterocycles. The van der Waals surface area contributed by atoms with Crippen LogP contribution in [-0.2, 0) is 6.42 Å². The van der Waals surface area contributed by atoms with E-state index in [1.807, 2.05) is 6.92 Å². The Morgan fingerprint density at radius 2 is 2.11 bits per heavy atom. The Balaban J connectivity index is 2.33. The van der Waals surface area contributed by atoms with Crippen molar-refractivity contribution in [3.8, 4) is 0 Å². The Labute approximate surface area is 109 Å². The maximum Gasteiger partial charge on any atom is 0.270 e. The molecule has 0 radical (unpaired) electrons. The highest BCUT2D eigenvalue weighted by molar-refractivity contribution is 6.00. The third-order valence-corrected chi connectivity index (χ3v) is 3.66. The summed E-state index contributed by atoms with van der Waals surface area (Å²) >= 11 is 0. The average Bonchev–Trinajstić information content (AvgIpc) is 2.40. The summed E-state index contributed by atoms with van der Waals surface area (Å²) in [7, 11) is 0. The van der Waals surface area contributed by atoms with Crippen molar-refractivity contribution < 1.29 is 9.72 Å². The summed E-state index contributed by atoms with van der Waals surface area (Å²) in [6, 6.07) is 4.58. The molecule has 2 aromatic rings. The van der Waals surface area contributed by atoms with Gasteiger partial charge in [0.25, 0.3) is 5.69 Å². The van der Waals surface area contributed by atoms with Crippen molar-refractivity contribution in [2.24, 2.45) is 0 Å². The Bertz CT molecular complexity index is 722. The smallest absolute Gasteiger partial charge is 0.270 e. The van der Waals surface area contributed by atoms with E-state index in [0.717, 1.165) is 29.4 Å². The van der Waals surface area contributed by atoms with Gasteiger partial charge in [-0.3, -0.25) is 14.9 Å². The van der Waals surface area contributed by atoms with Gasteiger partial charge in [0.2, 0.25) is 0 Å². The number of Topliss-reactive ketones (excluding diaryl/α,β-unsaturated/α-hetero) is 1. The molecule has 5 heteroatoms. The van der Waals surface area contributed by atoms with Crippen LogP contribution in [0.15, 0.2) is 18.2 Å². The van der Waals surface area contributed by atoms with Crippen molar-refractivity contribution in [1.29, 1.82) is 0 Å². The van der Waals surface area contributed by atoms with Gasteiger partial charge in [0.1, 0.15) is 5.69 Å². The predicted octanol–water partition coefficient (Wildman–Crippen LogP) is 2.97. The van der Waals surface area contributed by atoms with Gasteiger partial charge in [-0.1, -0.05) is 0 Å². The first kappa shape index (κ1) is 11.8. The molecule has 0 amide bonds. The molecule has 0 atom stereocenters. The molecule has 0 unspecified atom stereocenters. The second-order valence-electron chi connectivity index (χ2n) is 4.80. The van der Waals surface area contributed by atoms with Gasteiger partial charge in [0.15, 0.2) is 5.78 Å². The summed E-state index contributed by atoms with van der Waals surface area (Å²) in [6.07, 6.45) is 2.19. The number of aromatic nitrogens is 1. The maximum atomic E-state index is 11.9. The molecule has 0 saturated carbocycles. The summed E-state index contributed by atoms with van der Waals surface area (Å²) in [6.45, 7) is 1.91. The van der Waals surface area contributed by atoms with Crippen LogP contribution in [0.2, 0.25) is 0 Å². The number of carbonyl (C=O) groups is 1. The second-order valence-corrected chi connectivity index (χ2v) is 4.80. The minimum atomic E-state index is -0.413. The van der Waals surface area contributed by atoms with E-state index < -0.39 is 4.92 Å². The fraction of sp³-hybridized carbons (Fsp3) is 0.286. The molecule has 0 bridgehead atoms. The standard InChI is InChI=1S/C14H12N2O3/c1-8-10-3-2-4-13(17)14(10)15-12-6-5-9(16(18)19)7-11(8)12/h5-7H,2-4H2,1H3. The van der Waals surface area contributed by atoms with E-state index in [-0.39, 0.29) is 11.5 Å². The van der Waals surface area contributed by atoms with Gasteiger partial charge in [-0.05, 0) is 37.0 Å². The molecule has 1 heterocycles. The van der Waals surface area contributed by atoms with E-state index in [4.69, 9.17) is 0 Å². The molecule has 1 aromatic carbocycles. The number of ketones is 1. The lowest BCUT2D eigenvalue weighted by atomic mass is 9.90. The zero-order valence-corrected chi connectivity index (χ0v) is 10.5. The number of rotatable bonds is 1. The van der Waals surface area contributed by atoms with E-state index in [1.54, 1.807) is 6.07 Å². The third-order valence-electron chi connectivity index (χ3n) is 3.66. The van der Waals surface area contributed by atoms with Gasteiger partial charge < -0.3 is 0 Å². The van der Waals surface area contributed by atoms with Crippen LogP contribution in [0, 0.1) is 17.0 Å². The summed E-state index contributed by atoms with van der Waals surface area (Å²) in [4.78, 5) is 26.7. The van der Waals surface area contributed by atoms with Crippen molar-refractivity contribution >= 4 is 22.4 Å². The summed E-state index contributed by atoms with van der Waals surface area (Å²) in [5, 5.41) is 11.6. The van der Waals surface area contributed by atoms with Crippen LogP contribution in [0.4, 0.5) is 5.69 Å². The number of nitro benzene ring substituents is 1. The van der Waals surface area contributed by atoms with Crippen LogP contribution in [-0.4, -0.2) is 15.7 Å². The first-order chi connectivity index (χ1) is 9.08. The molecule has 3 rings (SSSR count). The van der Waals surface area contributed by atoms with E-state index >= 15 is 0 Å². The number of benzene rings is 1. The molecule has 0 fully saturated rings. The highest BCUT2D eigenvalue weighted by Crippen LogP contribution is 2.30. The third kappa shape index (κ3) is 1.78. The zero-order valence-electron chi connectivity index (χ0n) is 10.5. The predicted molar refractivity (Wildman–Crippen MR) is 70.4 cm³/mol. The fourth-order valence-corrected chi connectivity index (χ4v) is 2.64. The molecule has 19 heavy (non-hydrogen) atoms. The Morgan fingerprint density at radius 1 is 1.32 bits per heavy atom.